The highest BCUT2D eigenvalue weighted by atomic mass is 32.1. The second kappa shape index (κ2) is 7.04. The van der Waals surface area contributed by atoms with Crippen molar-refractivity contribution in [2.75, 3.05) is 19.7 Å². The molecule has 1 unspecified atom stereocenters. The van der Waals surface area contributed by atoms with Crippen LogP contribution >= 0.6 is 12.2 Å². The predicted octanol–water partition coefficient (Wildman–Crippen LogP) is 2.94. The summed E-state index contributed by atoms with van der Waals surface area (Å²) in [7, 11) is 0. The molecular weight excluding hydrogens is 268 g/mol. The first-order chi connectivity index (χ1) is 9.58. The van der Waals surface area contributed by atoms with Gasteiger partial charge in [0.2, 0.25) is 0 Å². The van der Waals surface area contributed by atoms with Crippen molar-refractivity contribution < 1.29 is 4.74 Å². The summed E-state index contributed by atoms with van der Waals surface area (Å²) in [6.07, 6.45) is 1.87. The number of thiocarbonyl (C=S) groups is 1. The molecule has 0 bridgehead atoms. The molecular formula is C16H24N2OS. The Morgan fingerprint density at radius 2 is 2.20 bits per heavy atom. The van der Waals surface area contributed by atoms with E-state index < -0.39 is 0 Å². The summed E-state index contributed by atoms with van der Waals surface area (Å²) in [4.78, 5) is 3.06. The van der Waals surface area contributed by atoms with Gasteiger partial charge in [0.15, 0.2) is 0 Å². The van der Waals surface area contributed by atoms with Crippen LogP contribution < -0.4 is 10.5 Å². The van der Waals surface area contributed by atoms with E-state index in [0.29, 0.717) is 16.9 Å². The molecule has 0 saturated carbocycles. The zero-order valence-electron chi connectivity index (χ0n) is 12.3. The maximum atomic E-state index is 5.73. The lowest BCUT2D eigenvalue weighted by Crippen LogP contribution is -2.38. The first kappa shape index (κ1) is 15.3. The molecule has 4 heteroatoms. The van der Waals surface area contributed by atoms with Crippen LogP contribution in [0.2, 0.25) is 0 Å². The van der Waals surface area contributed by atoms with Crippen LogP contribution in [0.25, 0.3) is 0 Å². The lowest BCUT2D eigenvalue weighted by atomic mass is 9.92. The summed E-state index contributed by atoms with van der Waals surface area (Å²) in [6.45, 7) is 7.24. The minimum absolute atomic E-state index is 0.499. The third-order valence-corrected chi connectivity index (χ3v) is 4.12. The summed E-state index contributed by atoms with van der Waals surface area (Å²) in [5.74, 6) is 1.58. The Morgan fingerprint density at radius 1 is 1.45 bits per heavy atom. The predicted molar refractivity (Wildman–Crippen MR) is 87.4 cm³/mol. The van der Waals surface area contributed by atoms with E-state index in [1.807, 2.05) is 6.07 Å². The minimum Gasteiger partial charge on any atom is -0.493 e. The molecule has 1 aromatic carbocycles. The van der Waals surface area contributed by atoms with Gasteiger partial charge in [0.1, 0.15) is 5.75 Å². The molecule has 1 aliphatic heterocycles. The van der Waals surface area contributed by atoms with Gasteiger partial charge in [-0.05, 0) is 31.9 Å². The van der Waals surface area contributed by atoms with Crippen molar-refractivity contribution in [3.63, 3.8) is 0 Å². The van der Waals surface area contributed by atoms with Gasteiger partial charge in [-0.3, -0.25) is 4.90 Å². The molecule has 0 aromatic heterocycles. The molecule has 3 nitrogen and oxygen atoms in total. The third kappa shape index (κ3) is 3.93. The van der Waals surface area contributed by atoms with E-state index in [0.717, 1.165) is 38.3 Å². The monoisotopic (exact) mass is 292 g/mol. The van der Waals surface area contributed by atoms with Crippen molar-refractivity contribution in [1.29, 1.82) is 0 Å². The number of nitrogens with zero attached hydrogens (tertiary/aromatic N) is 1. The Morgan fingerprint density at radius 3 is 2.90 bits per heavy atom. The Kier molecular flexibility index (Phi) is 5.38. The number of nitrogens with two attached hydrogens (primary N) is 1. The van der Waals surface area contributed by atoms with Crippen LogP contribution in [0.4, 0.5) is 0 Å². The molecule has 110 valence electrons. The average molecular weight is 292 g/mol. The number of ether oxygens (including phenoxy) is 1. The Labute approximate surface area is 127 Å². The van der Waals surface area contributed by atoms with E-state index in [1.165, 1.54) is 5.56 Å². The number of hydrogen-bond acceptors (Lipinski definition) is 3. The molecule has 0 aliphatic carbocycles. The van der Waals surface area contributed by atoms with Crippen molar-refractivity contribution >= 4 is 17.2 Å². The normalized spacial score (nSPS) is 17.9. The molecule has 2 N–H and O–H groups in total. The molecule has 0 spiro atoms. The highest BCUT2D eigenvalue weighted by Crippen LogP contribution is 2.34. The van der Waals surface area contributed by atoms with E-state index in [2.05, 4.69) is 36.9 Å². The summed E-state index contributed by atoms with van der Waals surface area (Å²) >= 11 is 5.00. The average Bonchev–Trinajstić information content (AvgIpc) is 2.43. The molecule has 0 radical (unpaired) electrons. The SMILES string of the molecule is CC(C)N(CCC(N)=S)CC1CCOc2ccccc21. The van der Waals surface area contributed by atoms with E-state index in [4.69, 9.17) is 22.7 Å². The molecule has 1 atom stereocenters. The number of para-hydroxylation sites is 1. The first-order valence-corrected chi connectivity index (χ1v) is 7.73. The van der Waals surface area contributed by atoms with Gasteiger partial charge in [0.25, 0.3) is 0 Å². The number of hydrogen-bond donors (Lipinski definition) is 1. The number of rotatable bonds is 6. The van der Waals surface area contributed by atoms with Crippen LogP contribution in [0.3, 0.4) is 0 Å². The fourth-order valence-corrected chi connectivity index (χ4v) is 2.79. The second-order valence-electron chi connectivity index (χ2n) is 5.68. The van der Waals surface area contributed by atoms with Crippen molar-refractivity contribution in [2.45, 2.75) is 38.6 Å². The van der Waals surface area contributed by atoms with E-state index >= 15 is 0 Å². The highest BCUT2D eigenvalue weighted by Gasteiger charge is 2.24. The Hall–Kier alpha value is -1.13. The largest absolute Gasteiger partial charge is 0.493 e. The zero-order chi connectivity index (χ0) is 14.5. The van der Waals surface area contributed by atoms with Gasteiger partial charge < -0.3 is 10.5 Å². The highest BCUT2D eigenvalue weighted by molar-refractivity contribution is 7.80. The van der Waals surface area contributed by atoms with Crippen molar-refractivity contribution in [3.05, 3.63) is 29.8 Å². The second-order valence-corrected chi connectivity index (χ2v) is 6.20. The van der Waals surface area contributed by atoms with Crippen LogP contribution in [-0.2, 0) is 0 Å². The lowest BCUT2D eigenvalue weighted by molar-refractivity contribution is 0.185. The zero-order valence-corrected chi connectivity index (χ0v) is 13.2. The maximum Gasteiger partial charge on any atom is 0.122 e. The summed E-state index contributed by atoms with van der Waals surface area (Å²) in [6, 6.07) is 8.88. The maximum absolute atomic E-state index is 5.73. The fraction of sp³-hybridized carbons (Fsp3) is 0.562. The van der Waals surface area contributed by atoms with Crippen molar-refractivity contribution in [2.24, 2.45) is 5.73 Å². The number of fused-ring (bicyclic) bond motifs is 1. The van der Waals surface area contributed by atoms with Gasteiger partial charge in [-0.25, -0.2) is 0 Å². The van der Waals surface area contributed by atoms with Gasteiger partial charge in [0, 0.05) is 31.5 Å². The van der Waals surface area contributed by atoms with Gasteiger partial charge in [0.05, 0.1) is 11.6 Å². The molecule has 0 fully saturated rings. The van der Waals surface area contributed by atoms with Crippen LogP contribution in [0.1, 0.15) is 38.2 Å². The van der Waals surface area contributed by atoms with Gasteiger partial charge >= 0.3 is 0 Å². The minimum atomic E-state index is 0.499. The van der Waals surface area contributed by atoms with Gasteiger partial charge in [-0.2, -0.15) is 0 Å². The van der Waals surface area contributed by atoms with Gasteiger partial charge in [-0.1, -0.05) is 30.4 Å². The standard InChI is InChI=1S/C16H24N2OS/c1-12(2)18(9-7-16(17)20)11-13-8-10-19-15-6-4-3-5-14(13)15/h3-6,12-13H,7-11H2,1-2H3,(H2,17,20). The molecule has 20 heavy (non-hydrogen) atoms. The van der Waals surface area contributed by atoms with E-state index in [9.17, 15) is 0 Å². The Bertz CT molecular complexity index is 462. The molecule has 1 aromatic rings. The third-order valence-electron chi connectivity index (χ3n) is 3.91. The van der Waals surface area contributed by atoms with E-state index in [-0.39, 0.29) is 0 Å². The van der Waals surface area contributed by atoms with E-state index in [1.54, 1.807) is 0 Å². The fourth-order valence-electron chi connectivity index (χ4n) is 2.70. The molecule has 2 rings (SSSR count). The van der Waals surface area contributed by atoms with Gasteiger partial charge in [-0.15, -0.1) is 0 Å². The quantitative estimate of drug-likeness (QED) is 0.818. The van der Waals surface area contributed by atoms with Crippen LogP contribution in [-0.4, -0.2) is 35.6 Å². The van der Waals surface area contributed by atoms with Crippen LogP contribution in [0.15, 0.2) is 24.3 Å². The molecule has 1 aliphatic rings. The molecule has 0 saturated heterocycles. The van der Waals surface area contributed by atoms with Crippen molar-refractivity contribution in [3.8, 4) is 5.75 Å². The van der Waals surface area contributed by atoms with Crippen LogP contribution in [0, 0.1) is 0 Å². The van der Waals surface area contributed by atoms with Crippen molar-refractivity contribution in [1.82, 2.24) is 4.90 Å². The smallest absolute Gasteiger partial charge is 0.122 e. The lowest BCUT2D eigenvalue weighted by Gasteiger charge is -2.33. The topological polar surface area (TPSA) is 38.5 Å². The summed E-state index contributed by atoms with van der Waals surface area (Å²) < 4.78 is 5.73. The summed E-state index contributed by atoms with van der Waals surface area (Å²) in [5.41, 5.74) is 6.97. The summed E-state index contributed by atoms with van der Waals surface area (Å²) in [5, 5.41) is 0. The Balaban J connectivity index is 2.05. The van der Waals surface area contributed by atoms with Crippen LogP contribution in [0.5, 0.6) is 5.75 Å². The molecule has 0 amide bonds. The molecule has 1 heterocycles. The first-order valence-electron chi connectivity index (χ1n) is 7.32. The number of benzene rings is 1.